The van der Waals surface area contributed by atoms with Crippen molar-refractivity contribution >= 4 is 34.4 Å². The molecule has 0 aliphatic heterocycles. The van der Waals surface area contributed by atoms with Crippen molar-refractivity contribution in [2.45, 2.75) is 44.8 Å². The van der Waals surface area contributed by atoms with E-state index in [0.717, 1.165) is 23.9 Å². The van der Waals surface area contributed by atoms with Crippen LogP contribution in [-0.2, 0) is 17.9 Å². The van der Waals surface area contributed by atoms with Crippen LogP contribution in [0.4, 0.5) is 5.82 Å². The van der Waals surface area contributed by atoms with Gasteiger partial charge in [0.2, 0.25) is 5.91 Å². The molecule has 3 aromatic heterocycles. The van der Waals surface area contributed by atoms with Crippen molar-refractivity contribution < 1.29 is 4.79 Å². The van der Waals surface area contributed by atoms with Crippen LogP contribution >= 0.6 is 11.6 Å². The molecule has 9 nitrogen and oxygen atoms in total. The molecule has 4 rings (SSSR count). The summed E-state index contributed by atoms with van der Waals surface area (Å²) in [6, 6.07) is 2.53. The minimum atomic E-state index is -0.313. The number of aromatic nitrogens is 4. The number of nitrogens with one attached hydrogen (secondary N) is 4. The zero-order chi connectivity index (χ0) is 21.6. The second-order valence-electron chi connectivity index (χ2n) is 7.72. The number of hydrogen-bond acceptors (Lipinski definition) is 6. The summed E-state index contributed by atoms with van der Waals surface area (Å²) in [6.45, 7) is 1.77. The Hall–Kier alpha value is -2.91. The average Bonchev–Trinajstić information content (AvgIpc) is 3.10. The number of carbonyl (C=O) groups is 1. The largest absolute Gasteiger partial charge is 0.365 e. The molecule has 0 unspecified atom stereocenters. The maximum atomic E-state index is 12.6. The topological polar surface area (TPSA) is 117 Å². The first-order valence-corrected chi connectivity index (χ1v) is 10.9. The molecule has 1 aliphatic carbocycles. The number of amides is 1. The SMILES string of the molecule is O=C(Cn1ccnc(NCCCNC2CCC2)c1=O)NCc1cnc2[nH]cc(Cl)c2c1. The summed E-state index contributed by atoms with van der Waals surface area (Å²) in [6.07, 6.45) is 11.1. The molecule has 31 heavy (non-hydrogen) atoms. The number of carbonyl (C=O) groups excluding carboxylic acids is 1. The highest BCUT2D eigenvalue weighted by atomic mass is 35.5. The molecule has 1 aliphatic rings. The predicted molar refractivity (Wildman–Crippen MR) is 120 cm³/mol. The van der Waals surface area contributed by atoms with Gasteiger partial charge in [0.25, 0.3) is 5.56 Å². The lowest BCUT2D eigenvalue weighted by atomic mass is 9.93. The van der Waals surface area contributed by atoms with Crippen LogP contribution in [-0.4, -0.2) is 44.6 Å². The Morgan fingerprint density at radius 3 is 2.97 bits per heavy atom. The highest BCUT2D eigenvalue weighted by Crippen LogP contribution is 2.22. The predicted octanol–water partition coefficient (Wildman–Crippen LogP) is 2.03. The van der Waals surface area contributed by atoms with Gasteiger partial charge in [-0.15, -0.1) is 0 Å². The number of fused-ring (bicyclic) bond motifs is 1. The Balaban J connectivity index is 1.26. The lowest BCUT2D eigenvalue weighted by Gasteiger charge is -2.26. The molecular weight excluding hydrogens is 418 g/mol. The number of H-pyrrole nitrogens is 1. The quantitative estimate of drug-likeness (QED) is 0.356. The zero-order valence-electron chi connectivity index (χ0n) is 17.2. The van der Waals surface area contributed by atoms with E-state index >= 15 is 0 Å². The molecule has 164 valence electrons. The van der Waals surface area contributed by atoms with Gasteiger partial charge >= 0.3 is 0 Å². The molecule has 0 saturated heterocycles. The van der Waals surface area contributed by atoms with Crippen LogP contribution in [0.15, 0.2) is 35.6 Å². The van der Waals surface area contributed by atoms with Crippen LogP contribution in [0.5, 0.6) is 0 Å². The van der Waals surface area contributed by atoms with Crippen molar-refractivity contribution in [3.05, 3.63) is 51.8 Å². The average molecular weight is 444 g/mol. The molecule has 0 bridgehead atoms. The van der Waals surface area contributed by atoms with E-state index in [-0.39, 0.29) is 23.8 Å². The van der Waals surface area contributed by atoms with Gasteiger partial charge in [-0.3, -0.25) is 9.59 Å². The van der Waals surface area contributed by atoms with E-state index in [1.165, 1.54) is 36.2 Å². The summed E-state index contributed by atoms with van der Waals surface area (Å²) >= 11 is 6.11. The van der Waals surface area contributed by atoms with Crippen LogP contribution in [0.3, 0.4) is 0 Å². The van der Waals surface area contributed by atoms with Gasteiger partial charge in [0, 0.05) is 49.3 Å². The van der Waals surface area contributed by atoms with E-state index in [9.17, 15) is 9.59 Å². The number of aromatic amines is 1. The van der Waals surface area contributed by atoms with Crippen LogP contribution in [0.25, 0.3) is 11.0 Å². The summed E-state index contributed by atoms with van der Waals surface area (Å²) in [5.41, 5.74) is 1.20. The molecule has 1 saturated carbocycles. The van der Waals surface area contributed by atoms with Crippen molar-refractivity contribution in [2.24, 2.45) is 0 Å². The Bertz CT molecular complexity index is 1110. The van der Waals surface area contributed by atoms with Crippen molar-refractivity contribution in [2.75, 3.05) is 18.4 Å². The fourth-order valence-electron chi connectivity index (χ4n) is 3.43. The number of anilines is 1. The molecule has 1 amide bonds. The van der Waals surface area contributed by atoms with Gasteiger partial charge < -0.3 is 25.5 Å². The first kappa shape index (κ1) is 21.3. The van der Waals surface area contributed by atoms with E-state index in [1.54, 1.807) is 12.4 Å². The first-order valence-electron chi connectivity index (χ1n) is 10.5. The van der Waals surface area contributed by atoms with Gasteiger partial charge in [-0.05, 0) is 37.4 Å². The van der Waals surface area contributed by atoms with Crippen LogP contribution in [0, 0.1) is 0 Å². The number of halogens is 1. The minimum Gasteiger partial charge on any atom is -0.365 e. The van der Waals surface area contributed by atoms with Gasteiger partial charge in [0.15, 0.2) is 5.82 Å². The molecule has 0 radical (unpaired) electrons. The van der Waals surface area contributed by atoms with Crippen LogP contribution in [0.1, 0.15) is 31.2 Å². The number of pyridine rings is 1. The summed E-state index contributed by atoms with van der Waals surface area (Å²) in [5.74, 6) is -0.0140. The normalized spacial score (nSPS) is 13.8. The van der Waals surface area contributed by atoms with E-state index < -0.39 is 0 Å². The van der Waals surface area contributed by atoms with Gasteiger partial charge in [0.1, 0.15) is 12.2 Å². The Labute approximate surface area is 184 Å². The summed E-state index contributed by atoms with van der Waals surface area (Å²) in [7, 11) is 0. The van der Waals surface area contributed by atoms with Crippen LogP contribution < -0.4 is 21.5 Å². The lowest BCUT2D eigenvalue weighted by Crippen LogP contribution is -2.36. The van der Waals surface area contributed by atoms with E-state index in [1.807, 2.05) is 6.07 Å². The smallest absolute Gasteiger partial charge is 0.293 e. The molecule has 3 heterocycles. The zero-order valence-corrected chi connectivity index (χ0v) is 17.9. The van der Waals surface area contributed by atoms with E-state index in [4.69, 9.17) is 11.6 Å². The summed E-state index contributed by atoms with van der Waals surface area (Å²) in [5, 5.41) is 10.8. The van der Waals surface area contributed by atoms with Crippen molar-refractivity contribution in [3.8, 4) is 0 Å². The molecule has 0 atom stereocenters. The molecule has 10 heteroatoms. The Morgan fingerprint density at radius 2 is 2.16 bits per heavy atom. The summed E-state index contributed by atoms with van der Waals surface area (Å²) < 4.78 is 1.35. The van der Waals surface area contributed by atoms with Crippen molar-refractivity contribution in [3.63, 3.8) is 0 Å². The molecule has 1 fully saturated rings. The molecule has 0 spiro atoms. The third-order valence-corrected chi connectivity index (χ3v) is 5.75. The second-order valence-corrected chi connectivity index (χ2v) is 8.13. The molecular formula is C21H26ClN7O2. The maximum absolute atomic E-state index is 12.6. The second kappa shape index (κ2) is 9.93. The number of nitrogens with zero attached hydrogens (tertiary/aromatic N) is 3. The van der Waals surface area contributed by atoms with Gasteiger partial charge in [-0.25, -0.2) is 9.97 Å². The van der Waals surface area contributed by atoms with Crippen molar-refractivity contribution in [1.82, 2.24) is 30.2 Å². The van der Waals surface area contributed by atoms with Crippen molar-refractivity contribution in [1.29, 1.82) is 0 Å². The summed E-state index contributed by atoms with van der Waals surface area (Å²) in [4.78, 5) is 36.3. The van der Waals surface area contributed by atoms with E-state index in [2.05, 4.69) is 30.9 Å². The highest BCUT2D eigenvalue weighted by Gasteiger charge is 2.15. The Kier molecular flexibility index (Phi) is 6.83. The van der Waals surface area contributed by atoms with Gasteiger partial charge in [-0.2, -0.15) is 0 Å². The number of hydrogen-bond donors (Lipinski definition) is 4. The number of rotatable bonds is 10. The minimum absolute atomic E-state index is 0.0835. The Morgan fingerprint density at radius 1 is 1.29 bits per heavy atom. The van der Waals surface area contributed by atoms with Crippen LogP contribution in [0.2, 0.25) is 5.02 Å². The van der Waals surface area contributed by atoms with Gasteiger partial charge in [-0.1, -0.05) is 18.0 Å². The third-order valence-electron chi connectivity index (χ3n) is 5.44. The maximum Gasteiger partial charge on any atom is 0.293 e. The standard InChI is InChI=1S/C21H26ClN7O2/c22-17-12-28-19-16(17)9-14(11-27-19)10-26-18(30)13-29-8-7-25-20(21(29)31)24-6-2-5-23-15-3-1-4-15/h7-9,11-12,15,23H,1-6,10,13H2,(H,24,25)(H,26,30)(H,27,28). The molecule has 3 aromatic rings. The fraction of sp³-hybridized carbons (Fsp3) is 0.429. The lowest BCUT2D eigenvalue weighted by molar-refractivity contribution is -0.121. The first-order chi connectivity index (χ1) is 15.1. The van der Waals surface area contributed by atoms with E-state index in [0.29, 0.717) is 29.8 Å². The monoisotopic (exact) mass is 443 g/mol. The highest BCUT2D eigenvalue weighted by molar-refractivity contribution is 6.35. The van der Waals surface area contributed by atoms with Gasteiger partial charge in [0.05, 0.1) is 5.02 Å². The molecule has 0 aromatic carbocycles. The molecule has 4 N–H and O–H groups in total. The third kappa shape index (κ3) is 5.42. The fourth-order valence-corrected chi connectivity index (χ4v) is 3.63.